The van der Waals surface area contributed by atoms with Gasteiger partial charge in [-0.15, -0.1) is 11.3 Å². The molecule has 0 unspecified atom stereocenters. The minimum atomic E-state index is -0.0327. The molecule has 2 rings (SSSR count). The van der Waals surface area contributed by atoms with Crippen LogP contribution in [-0.4, -0.2) is 35.6 Å². The first-order valence-corrected chi connectivity index (χ1v) is 7.22. The van der Waals surface area contributed by atoms with Crippen molar-refractivity contribution in [2.45, 2.75) is 6.54 Å². The first-order valence-electron chi connectivity index (χ1n) is 6.34. The van der Waals surface area contributed by atoms with E-state index in [4.69, 9.17) is 10.5 Å². The number of hydrogen-bond donors (Lipinski definition) is 1. The van der Waals surface area contributed by atoms with Crippen LogP contribution in [0.1, 0.15) is 15.4 Å². The zero-order valence-electron chi connectivity index (χ0n) is 11.7. The van der Waals surface area contributed by atoms with Crippen LogP contribution in [0.15, 0.2) is 29.8 Å². The molecule has 0 saturated heterocycles. The molecule has 6 heteroatoms. The van der Waals surface area contributed by atoms with E-state index < -0.39 is 0 Å². The molecule has 0 aliphatic rings. The number of hydrogen-bond acceptors (Lipinski definition) is 4. The Morgan fingerprint density at radius 3 is 2.90 bits per heavy atom. The van der Waals surface area contributed by atoms with Crippen LogP contribution in [0.5, 0.6) is 0 Å². The fourth-order valence-electron chi connectivity index (χ4n) is 2.01. The van der Waals surface area contributed by atoms with E-state index in [0.717, 1.165) is 4.88 Å². The SMILES string of the molecule is COCCN(Cc1cccs1)C(=O)c1cc(N)cn1C. The predicted molar refractivity (Wildman–Crippen MR) is 80.8 cm³/mol. The van der Waals surface area contributed by atoms with E-state index in [-0.39, 0.29) is 5.91 Å². The molecule has 2 aromatic heterocycles. The van der Waals surface area contributed by atoms with E-state index in [1.165, 1.54) is 0 Å². The molecule has 0 spiro atoms. The van der Waals surface area contributed by atoms with Crippen LogP contribution in [-0.2, 0) is 18.3 Å². The molecule has 108 valence electrons. The number of methoxy groups -OCH3 is 1. The summed E-state index contributed by atoms with van der Waals surface area (Å²) >= 11 is 1.64. The van der Waals surface area contributed by atoms with Gasteiger partial charge in [0.1, 0.15) is 5.69 Å². The van der Waals surface area contributed by atoms with Crippen LogP contribution in [0, 0.1) is 0 Å². The van der Waals surface area contributed by atoms with Gasteiger partial charge in [-0.25, -0.2) is 0 Å². The molecule has 0 saturated carbocycles. The van der Waals surface area contributed by atoms with Crippen molar-refractivity contribution in [2.24, 2.45) is 7.05 Å². The molecule has 2 aromatic rings. The molecule has 20 heavy (non-hydrogen) atoms. The lowest BCUT2D eigenvalue weighted by molar-refractivity contribution is 0.0673. The molecule has 0 aliphatic carbocycles. The number of aryl methyl sites for hydroxylation is 1. The van der Waals surface area contributed by atoms with Gasteiger partial charge in [0.25, 0.3) is 5.91 Å². The van der Waals surface area contributed by atoms with Crippen LogP contribution in [0.25, 0.3) is 0 Å². The van der Waals surface area contributed by atoms with E-state index in [1.54, 1.807) is 40.2 Å². The maximum atomic E-state index is 12.6. The Morgan fingerprint density at radius 1 is 1.55 bits per heavy atom. The number of nitrogens with two attached hydrogens (primary N) is 1. The van der Waals surface area contributed by atoms with Gasteiger partial charge in [0, 0.05) is 31.8 Å². The first kappa shape index (κ1) is 14.6. The fraction of sp³-hybridized carbons (Fsp3) is 0.357. The third-order valence-electron chi connectivity index (χ3n) is 3.02. The number of carbonyl (C=O) groups is 1. The molecule has 0 aromatic carbocycles. The molecule has 0 fully saturated rings. The second kappa shape index (κ2) is 6.58. The maximum Gasteiger partial charge on any atom is 0.270 e. The molecular formula is C14H19N3O2S. The Morgan fingerprint density at radius 2 is 2.35 bits per heavy atom. The van der Waals surface area contributed by atoms with Crippen molar-refractivity contribution in [1.29, 1.82) is 0 Å². The van der Waals surface area contributed by atoms with Gasteiger partial charge in [-0.05, 0) is 17.5 Å². The number of carbonyl (C=O) groups excluding carboxylic acids is 1. The van der Waals surface area contributed by atoms with Crippen molar-refractivity contribution in [3.8, 4) is 0 Å². The van der Waals surface area contributed by atoms with Gasteiger partial charge in [-0.1, -0.05) is 6.07 Å². The Bertz CT molecular complexity index is 563. The summed E-state index contributed by atoms with van der Waals surface area (Å²) in [6, 6.07) is 5.72. The van der Waals surface area contributed by atoms with Crippen molar-refractivity contribution in [1.82, 2.24) is 9.47 Å². The predicted octanol–water partition coefficient (Wildman–Crippen LogP) is 1.96. The summed E-state index contributed by atoms with van der Waals surface area (Å²) in [7, 11) is 3.46. The molecule has 0 radical (unpaired) electrons. The maximum absolute atomic E-state index is 12.6. The van der Waals surface area contributed by atoms with Crippen molar-refractivity contribution < 1.29 is 9.53 Å². The van der Waals surface area contributed by atoms with Gasteiger partial charge in [-0.3, -0.25) is 4.79 Å². The van der Waals surface area contributed by atoms with Crippen molar-refractivity contribution in [3.05, 3.63) is 40.3 Å². The summed E-state index contributed by atoms with van der Waals surface area (Å²) in [6.45, 7) is 1.65. The summed E-state index contributed by atoms with van der Waals surface area (Å²) in [5.41, 5.74) is 6.93. The van der Waals surface area contributed by atoms with Crippen molar-refractivity contribution in [2.75, 3.05) is 26.0 Å². The number of nitrogens with zero attached hydrogens (tertiary/aromatic N) is 2. The van der Waals surface area contributed by atoms with Crippen LogP contribution < -0.4 is 5.73 Å². The van der Waals surface area contributed by atoms with Crippen molar-refractivity contribution >= 4 is 22.9 Å². The third-order valence-corrected chi connectivity index (χ3v) is 3.89. The average molecular weight is 293 g/mol. The van der Waals surface area contributed by atoms with Crippen LogP contribution in [0.4, 0.5) is 5.69 Å². The van der Waals surface area contributed by atoms with Gasteiger partial charge < -0.3 is 19.9 Å². The van der Waals surface area contributed by atoms with Gasteiger partial charge in [0.15, 0.2) is 0 Å². The van der Waals surface area contributed by atoms with Gasteiger partial charge in [-0.2, -0.15) is 0 Å². The Kier molecular flexibility index (Phi) is 4.81. The van der Waals surface area contributed by atoms with E-state index in [2.05, 4.69) is 0 Å². The largest absolute Gasteiger partial charge is 0.397 e. The highest BCUT2D eigenvalue weighted by Gasteiger charge is 2.19. The quantitative estimate of drug-likeness (QED) is 0.885. The standard InChI is InChI=1S/C14H19N3O2S/c1-16-9-11(15)8-13(16)14(18)17(5-6-19-2)10-12-4-3-7-20-12/h3-4,7-9H,5-6,10,15H2,1-2H3. The highest BCUT2D eigenvalue weighted by molar-refractivity contribution is 7.09. The lowest BCUT2D eigenvalue weighted by Crippen LogP contribution is -2.34. The number of aromatic nitrogens is 1. The molecule has 0 atom stereocenters. The minimum absolute atomic E-state index is 0.0327. The lowest BCUT2D eigenvalue weighted by Gasteiger charge is -2.22. The molecule has 1 amide bonds. The van der Waals surface area contributed by atoms with Crippen LogP contribution in [0.2, 0.25) is 0 Å². The highest BCUT2D eigenvalue weighted by Crippen LogP contribution is 2.16. The fourth-order valence-corrected chi connectivity index (χ4v) is 2.73. The smallest absolute Gasteiger partial charge is 0.270 e. The van der Waals surface area contributed by atoms with Gasteiger partial charge in [0.2, 0.25) is 0 Å². The molecule has 2 heterocycles. The topological polar surface area (TPSA) is 60.5 Å². The highest BCUT2D eigenvalue weighted by atomic mass is 32.1. The zero-order chi connectivity index (χ0) is 14.5. The normalized spacial score (nSPS) is 10.7. The summed E-state index contributed by atoms with van der Waals surface area (Å²) in [5, 5.41) is 2.01. The van der Waals surface area contributed by atoms with Crippen LogP contribution in [0.3, 0.4) is 0 Å². The molecule has 2 N–H and O–H groups in total. The van der Waals surface area contributed by atoms with E-state index in [1.807, 2.05) is 24.6 Å². The van der Waals surface area contributed by atoms with E-state index in [9.17, 15) is 4.79 Å². The number of anilines is 1. The van der Waals surface area contributed by atoms with Gasteiger partial charge >= 0.3 is 0 Å². The van der Waals surface area contributed by atoms with E-state index >= 15 is 0 Å². The summed E-state index contributed by atoms with van der Waals surface area (Å²) in [4.78, 5) is 15.5. The first-order chi connectivity index (χ1) is 9.61. The second-order valence-corrected chi connectivity index (χ2v) is 5.60. The Labute approximate surface area is 122 Å². The summed E-state index contributed by atoms with van der Waals surface area (Å²) in [6.07, 6.45) is 1.74. The minimum Gasteiger partial charge on any atom is -0.397 e. The Hall–Kier alpha value is -1.79. The number of nitrogen functional groups attached to an aromatic ring is 1. The molecule has 0 bridgehead atoms. The second-order valence-electron chi connectivity index (χ2n) is 4.57. The molecule has 0 aliphatic heterocycles. The summed E-state index contributed by atoms with van der Waals surface area (Å²) in [5.74, 6) is -0.0327. The number of ether oxygens (including phenoxy) is 1. The zero-order valence-corrected chi connectivity index (χ0v) is 12.5. The third kappa shape index (κ3) is 3.40. The van der Waals surface area contributed by atoms with Crippen molar-refractivity contribution in [3.63, 3.8) is 0 Å². The Balaban J connectivity index is 2.17. The molecule has 5 nitrogen and oxygen atoms in total. The lowest BCUT2D eigenvalue weighted by atomic mass is 10.3. The average Bonchev–Trinajstić information content (AvgIpc) is 3.03. The number of amides is 1. The van der Waals surface area contributed by atoms with Gasteiger partial charge in [0.05, 0.1) is 18.8 Å². The number of thiophene rings is 1. The summed E-state index contributed by atoms with van der Waals surface area (Å²) < 4.78 is 6.85. The molecular weight excluding hydrogens is 274 g/mol. The van der Waals surface area contributed by atoms with Crippen LogP contribution >= 0.6 is 11.3 Å². The number of rotatable bonds is 6. The van der Waals surface area contributed by atoms with E-state index in [0.29, 0.717) is 31.1 Å². The monoisotopic (exact) mass is 293 g/mol.